The van der Waals surface area contributed by atoms with Gasteiger partial charge in [0.2, 0.25) is 0 Å². The molecule has 5 nitrogen and oxygen atoms in total. The highest BCUT2D eigenvalue weighted by molar-refractivity contribution is 6.08. The summed E-state index contributed by atoms with van der Waals surface area (Å²) >= 11 is 0. The Hall–Kier alpha value is -1.46. The molecule has 1 amide bonds. The Labute approximate surface area is 94.7 Å². The smallest absolute Gasteiger partial charge is 0.267 e. The lowest BCUT2D eigenvalue weighted by Crippen LogP contribution is -2.22. The topological polar surface area (TPSA) is 45.1 Å². The van der Waals surface area contributed by atoms with E-state index in [1.165, 1.54) is 0 Å². The summed E-state index contributed by atoms with van der Waals surface area (Å²) in [7, 11) is 2.05. The number of ether oxygens (including phenoxy) is 1. The second-order valence-electron chi connectivity index (χ2n) is 3.81. The van der Waals surface area contributed by atoms with Crippen LogP contribution in [0.3, 0.4) is 0 Å². The van der Waals surface area contributed by atoms with Crippen LogP contribution in [0.4, 0.5) is 0 Å². The Morgan fingerprint density at radius 3 is 2.88 bits per heavy atom. The molecule has 0 aromatic heterocycles. The summed E-state index contributed by atoms with van der Waals surface area (Å²) < 4.78 is 4.98. The second-order valence-corrected chi connectivity index (χ2v) is 3.81. The van der Waals surface area contributed by atoms with Gasteiger partial charge in [-0.25, -0.2) is 0 Å². The molecule has 0 spiro atoms. The van der Waals surface area contributed by atoms with Crippen LogP contribution in [0, 0.1) is 0 Å². The van der Waals surface area contributed by atoms with Crippen LogP contribution in [-0.2, 0) is 9.53 Å². The van der Waals surface area contributed by atoms with Crippen molar-refractivity contribution in [3.05, 3.63) is 24.4 Å². The first kappa shape index (κ1) is 11.0. The molecule has 0 N–H and O–H groups in total. The molecule has 16 heavy (non-hydrogen) atoms. The maximum absolute atomic E-state index is 10.7. The van der Waals surface area contributed by atoms with E-state index in [1.807, 2.05) is 36.4 Å². The Bertz CT molecular complexity index is 354. The van der Waals surface area contributed by atoms with Crippen LogP contribution in [0.15, 0.2) is 29.4 Å². The van der Waals surface area contributed by atoms with Gasteiger partial charge in [0.25, 0.3) is 5.91 Å². The Morgan fingerprint density at radius 2 is 2.31 bits per heavy atom. The first-order valence-electron chi connectivity index (χ1n) is 5.25. The van der Waals surface area contributed by atoms with Gasteiger partial charge in [-0.15, -0.1) is 0 Å². The van der Waals surface area contributed by atoms with E-state index >= 15 is 0 Å². The van der Waals surface area contributed by atoms with Gasteiger partial charge in [0, 0.05) is 12.7 Å². The summed E-state index contributed by atoms with van der Waals surface area (Å²) in [6, 6.07) is 0. The third-order valence-electron chi connectivity index (χ3n) is 2.39. The van der Waals surface area contributed by atoms with E-state index in [0.29, 0.717) is 6.54 Å². The van der Waals surface area contributed by atoms with Crippen molar-refractivity contribution in [3.8, 4) is 0 Å². The molecule has 0 aromatic rings. The molecule has 1 fully saturated rings. The summed E-state index contributed by atoms with van der Waals surface area (Å²) in [6.45, 7) is 3.23. The lowest BCUT2D eigenvalue weighted by atomic mass is 10.3. The second kappa shape index (κ2) is 5.05. The van der Waals surface area contributed by atoms with E-state index in [0.717, 1.165) is 25.7 Å². The summed E-state index contributed by atoms with van der Waals surface area (Å²) in [4.78, 5) is 18.4. The van der Waals surface area contributed by atoms with E-state index in [2.05, 4.69) is 9.89 Å². The lowest BCUT2D eigenvalue weighted by Gasteiger charge is -2.12. The molecule has 0 aromatic carbocycles. The van der Waals surface area contributed by atoms with Gasteiger partial charge in [-0.3, -0.25) is 9.69 Å². The average Bonchev–Trinajstić information content (AvgIpc) is 2.86. The molecule has 3 rings (SSSR count). The first-order chi connectivity index (χ1) is 7.75. The van der Waals surface area contributed by atoms with Gasteiger partial charge < -0.3 is 9.64 Å². The zero-order valence-electron chi connectivity index (χ0n) is 9.30. The standard InChI is InChI=1S/C7H6N2O.C4H9NO/c10-7-5-9-4-2-1-3-6(9)8-7;1-5-2-3-6-4-5/h1-4H,5H2;2-4H2,1H3. The monoisotopic (exact) mass is 221 g/mol. The van der Waals surface area contributed by atoms with Gasteiger partial charge in [-0.1, -0.05) is 6.08 Å². The van der Waals surface area contributed by atoms with Gasteiger partial charge in [0.1, 0.15) is 12.4 Å². The van der Waals surface area contributed by atoms with Gasteiger partial charge in [0.05, 0.1) is 13.3 Å². The van der Waals surface area contributed by atoms with Crippen molar-refractivity contribution < 1.29 is 9.53 Å². The Kier molecular flexibility index (Phi) is 3.48. The van der Waals surface area contributed by atoms with E-state index in [9.17, 15) is 4.79 Å². The van der Waals surface area contributed by atoms with E-state index in [4.69, 9.17) is 4.74 Å². The van der Waals surface area contributed by atoms with Gasteiger partial charge in [-0.05, 0) is 19.2 Å². The summed E-state index contributed by atoms with van der Waals surface area (Å²) in [6.07, 6.45) is 7.43. The zero-order valence-corrected chi connectivity index (χ0v) is 9.30. The molecule has 5 heteroatoms. The van der Waals surface area contributed by atoms with E-state index < -0.39 is 0 Å². The van der Waals surface area contributed by atoms with Crippen LogP contribution in [0.25, 0.3) is 0 Å². The van der Waals surface area contributed by atoms with Gasteiger partial charge in [-0.2, -0.15) is 4.99 Å². The number of hydrogen-bond acceptors (Lipinski definition) is 4. The van der Waals surface area contributed by atoms with Gasteiger partial charge >= 0.3 is 0 Å². The molecule has 1 saturated heterocycles. The number of amidine groups is 1. The molecule has 3 heterocycles. The van der Waals surface area contributed by atoms with Crippen LogP contribution in [0.2, 0.25) is 0 Å². The minimum Gasteiger partial charge on any atom is -0.365 e. The fraction of sp³-hybridized carbons (Fsp3) is 0.455. The van der Waals surface area contributed by atoms with Crippen molar-refractivity contribution in [1.29, 1.82) is 0 Å². The molecule has 0 atom stereocenters. The van der Waals surface area contributed by atoms with Crippen LogP contribution >= 0.6 is 0 Å². The van der Waals surface area contributed by atoms with Crippen LogP contribution in [-0.4, -0.2) is 55.0 Å². The summed E-state index contributed by atoms with van der Waals surface area (Å²) in [5, 5.41) is 0. The van der Waals surface area contributed by atoms with Crippen molar-refractivity contribution >= 4 is 11.7 Å². The molecule has 0 saturated carbocycles. The molecule has 0 unspecified atom stereocenters. The fourth-order valence-corrected chi connectivity index (χ4v) is 1.52. The van der Waals surface area contributed by atoms with Crippen molar-refractivity contribution in [1.82, 2.24) is 9.80 Å². The minimum absolute atomic E-state index is 0.0637. The quantitative estimate of drug-likeness (QED) is 0.587. The maximum Gasteiger partial charge on any atom is 0.267 e. The molecule has 3 aliphatic rings. The third kappa shape index (κ3) is 2.77. The number of aliphatic imine (C=N–C) groups is 1. The largest absolute Gasteiger partial charge is 0.365 e. The van der Waals surface area contributed by atoms with E-state index in [1.54, 1.807) is 0 Å². The van der Waals surface area contributed by atoms with Crippen LogP contribution in [0.5, 0.6) is 0 Å². The normalized spacial score (nSPS) is 22.9. The number of fused-ring (bicyclic) bond motifs is 1. The lowest BCUT2D eigenvalue weighted by molar-refractivity contribution is -0.116. The molecule has 0 radical (unpaired) electrons. The fourth-order valence-electron chi connectivity index (χ4n) is 1.52. The number of rotatable bonds is 0. The molecule has 0 bridgehead atoms. The van der Waals surface area contributed by atoms with Crippen molar-refractivity contribution in [2.45, 2.75) is 0 Å². The van der Waals surface area contributed by atoms with Crippen molar-refractivity contribution in [3.63, 3.8) is 0 Å². The average molecular weight is 221 g/mol. The molecule has 0 aliphatic carbocycles. The maximum atomic E-state index is 10.7. The predicted octanol–water partition coefficient (Wildman–Crippen LogP) is 0.216. The van der Waals surface area contributed by atoms with E-state index in [-0.39, 0.29) is 5.91 Å². The number of hydrogen-bond donors (Lipinski definition) is 0. The summed E-state index contributed by atoms with van der Waals surface area (Å²) in [5.41, 5.74) is 0. The third-order valence-corrected chi connectivity index (χ3v) is 2.39. The molecule has 3 aliphatic heterocycles. The number of carbonyl (C=O) groups is 1. The van der Waals surface area contributed by atoms with Gasteiger partial charge in [0.15, 0.2) is 0 Å². The molecular formula is C11H15N3O2. The highest BCUT2D eigenvalue weighted by Crippen LogP contribution is 2.08. The number of carbonyl (C=O) groups excluding carboxylic acids is 1. The highest BCUT2D eigenvalue weighted by Gasteiger charge is 2.19. The van der Waals surface area contributed by atoms with Crippen LogP contribution < -0.4 is 0 Å². The zero-order chi connectivity index (χ0) is 11.4. The predicted molar refractivity (Wildman–Crippen MR) is 60.9 cm³/mol. The van der Waals surface area contributed by atoms with Crippen LogP contribution in [0.1, 0.15) is 0 Å². The Morgan fingerprint density at radius 1 is 1.44 bits per heavy atom. The number of allylic oxidation sites excluding steroid dienone is 2. The molecule has 86 valence electrons. The highest BCUT2D eigenvalue weighted by atomic mass is 16.5. The SMILES string of the molecule is CN1CCOC1.O=C1CN2C=CC=CC2=N1. The molecular weight excluding hydrogens is 206 g/mol. The van der Waals surface area contributed by atoms with Crippen molar-refractivity contribution in [2.75, 3.05) is 33.5 Å². The first-order valence-corrected chi connectivity index (χ1v) is 5.25. The number of likely N-dealkylation sites (N-methyl/N-ethyl adjacent to an activating group) is 1. The summed E-state index contributed by atoms with van der Waals surface area (Å²) in [5.74, 6) is 0.693. The number of amides is 1. The number of nitrogens with zero attached hydrogens (tertiary/aromatic N) is 3. The Balaban J connectivity index is 0.000000138. The van der Waals surface area contributed by atoms with Crippen molar-refractivity contribution in [2.24, 2.45) is 4.99 Å². The minimum atomic E-state index is -0.0637.